The zero-order valence-electron chi connectivity index (χ0n) is 6.67. The largest absolute Gasteiger partial charge is 0.385 e. The van der Waals surface area contributed by atoms with Crippen LogP contribution in [0.25, 0.3) is 0 Å². The SMILES string of the molecule is CC1(O)CCc2ccccc21. The molecule has 0 fully saturated rings. The molecule has 0 saturated carbocycles. The van der Waals surface area contributed by atoms with Gasteiger partial charge < -0.3 is 5.11 Å². The van der Waals surface area contributed by atoms with E-state index in [0.29, 0.717) is 0 Å². The van der Waals surface area contributed by atoms with Crippen molar-refractivity contribution in [3.05, 3.63) is 35.4 Å². The Kier molecular flexibility index (Phi) is 1.30. The first-order chi connectivity index (χ1) is 5.20. The van der Waals surface area contributed by atoms with E-state index < -0.39 is 5.60 Å². The Morgan fingerprint density at radius 3 is 2.82 bits per heavy atom. The van der Waals surface area contributed by atoms with E-state index >= 15 is 0 Å². The molecule has 0 amide bonds. The molecule has 0 aliphatic heterocycles. The molecular weight excluding hydrogens is 136 g/mol. The Balaban J connectivity index is 2.56. The van der Waals surface area contributed by atoms with Gasteiger partial charge in [-0.1, -0.05) is 24.3 Å². The second kappa shape index (κ2) is 2.08. The normalized spacial score (nSPS) is 28.5. The van der Waals surface area contributed by atoms with Crippen LogP contribution >= 0.6 is 0 Å². The summed E-state index contributed by atoms with van der Waals surface area (Å²) in [7, 11) is 0. The van der Waals surface area contributed by atoms with Crippen LogP contribution in [-0.4, -0.2) is 5.11 Å². The van der Waals surface area contributed by atoms with Crippen LogP contribution in [0.2, 0.25) is 0 Å². The minimum absolute atomic E-state index is 0.573. The maximum absolute atomic E-state index is 9.85. The fourth-order valence-electron chi connectivity index (χ4n) is 1.78. The molecule has 0 bridgehead atoms. The molecule has 11 heavy (non-hydrogen) atoms. The van der Waals surface area contributed by atoms with Gasteiger partial charge in [0.25, 0.3) is 0 Å². The second-order valence-electron chi connectivity index (χ2n) is 3.43. The van der Waals surface area contributed by atoms with Crippen molar-refractivity contribution in [1.29, 1.82) is 0 Å². The fraction of sp³-hybridized carbons (Fsp3) is 0.400. The quantitative estimate of drug-likeness (QED) is 0.595. The number of hydrogen-bond donors (Lipinski definition) is 1. The smallest absolute Gasteiger partial charge is 0.0874 e. The number of aryl methyl sites for hydroxylation is 1. The van der Waals surface area contributed by atoms with E-state index in [1.807, 2.05) is 25.1 Å². The maximum Gasteiger partial charge on any atom is 0.0874 e. The summed E-state index contributed by atoms with van der Waals surface area (Å²) in [4.78, 5) is 0. The average molecular weight is 148 g/mol. The van der Waals surface area contributed by atoms with Crippen molar-refractivity contribution in [3.8, 4) is 0 Å². The molecule has 0 radical (unpaired) electrons. The lowest BCUT2D eigenvalue weighted by molar-refractivity contribution is 0.0595. The summed E-state index contributed by atoms with van der Waals surface area (Å²) in [6, 6.07) is 8.12. The van der Waals surface area contributed by atoms with E-state index in [-0.39, 0.29) is 0 Å². The Bertz CT molecular complexity index is 276. The number of rotatable bonds is 0. The third kappa shape index (κ3) is 0.962. The Morgan fingerprint density at radius 1 is 1.36 bits per heavy atom. The highest BCUT2D eigenvalue weighted by molar-refractivity contribution is 5.36. The molecule has 1 nitrogen and oxygen atoms in total. The van der Waals surface area contributed by atoms with Crippen LogP contribution in [0.4, 0.5) is 0 Å². The lowest BCUT2D eigenvalue weighted by Gasteiger charge is -2.16. The molecule has 1 aromatic rings. The van der Waals surface area contributed by atoms with Crippen LogP contribution in [0.15, 0.2) is 24.3 Å². The van der Waals surface area contributed by atoms with Gasteiger partial charge in [-0.25, -0.2) is 0 Å². The predicted molar refractivity (Wildman–Crippen MR) is 44.3 cm³/mol. The third-order valence-corrected chi connectivity index (χ3v) is 2.48. The summed E-state index contributed by atoms with van der Waals surface area (Å²) in [5.74, 6) is 0. The Hall–Kier alpha value is -0.820. The summed E-state index contributed by atoms with van der Waals surface area (Å²) < 4.78 is 0. The molecular formula is C10H12O. The van der Waals surface area contributed by atoms with Crippen molar-refractivity contribution >= 4 is 0 Å². The van der Waals surface area contributed by atoms with Gasteiger partial charge in [0.2, 0.25) is 0 Å². The molecule has 2 rings (SSSR count). The molecule has 1 heteroatoms. The Morgan fingerprint density at radius 2 is 2.09 bits per heavy atom. The van der Waals surface area contributed by atoms with Crippen LogP contribution in [-0.2, 0) is 12.0 Å². The summed E-state index contributed by atoms with van der Waals surface area (Å²) in [6.07, 6.45) is 1.88. The highest BCUT2D eigenvalue weighted by atomic mass is 16.3. The Labute approximate surface area is 66.7 Å². The van der Waals surface area contributed by atoms with Gasteiger partial charge in [0, 0.05) is 0 Å². The summed E-state index contributed by atoms with van der Waals surface area (Å²) in [5.41, 5.74) is 1.84. The molecule has 58 valence electrons. The van der Waals surface area contributed by atoms with Crippen LogP contribution in [0.3, 0.4) is 0 Å². The van der Waals surface area contributed by atoms with Gasteiger partial charge in [0.15, 0.2) is 0 Å². The number of aliphatic hydroxyl groups is 1. The first kappa shape index (κ1) is 6.86. The average Bonchev–Trinajstić information content (AvgIpc) is 2.29. The van der Waals surface area contributed by atoms with Crippen molar-refractivity contribution in [1.82, 2.24) is 0 Å². The van der Waals surface area contributed by atoms with Crippen molar-refractivity contribution in [2.45, 2.75) is 25.4 Å². The summed E-state index contributed by atoms with van der Waals surface area (Å²) >= 11 is 0. The van der Waals surface area contributed by atoms with Crippen molar-refractivity contribution in [3.63, 3.8) is 0 Å². The zero-order valence-corrected chi connectivity index (χ0v) is 6.67. The van der Waals surface area contributed by atoms with Crippen LogP contribution in [0, 0.1) is 0 Å². The first-order valence-electron chi connectivity index (χ1n) is 4.01. The van der Waals surface area contributed by atoms with Gasteiger partial charge in [-0.05, 0) is 30.9 Å². The predicted octanol–water partition coefficient (Wildman–Crippen LogP) is 1.84. The lowest BCUT2D eigenvalue weighted by Crippen LogP contribution is -2.15. The minimum atomic E-state index is -0.573. The zero-order chi connectivity index (χ0) is 7.90. The molecule has 0 heterocycles. The third-order valence-electron chi connectivity index (χ3n) is 2.48. The number of fused-ring (bicyclic) bond motifs is 1. The second-order valence-corrected chi connectivity index (χ2v) is 3.43. The van der Waals surface area contributed by atoms with E-state index in [1.54, 1.807) is 0 Å². The molecule has 0 spiro atoms. The topological polar surface area (TPSA) is 20.2 Å². The van der Waals surface area contributed by atoms with E-state index in [1.165, 1.54) is 5.56 Å². The van der Waals surface area contributed by atoms with Gasteiger partial charge in [0.05, 0.1) is 5.60 Å². The first-order valence-corrected chi connectivity index (χ1v) is 4.01. The highest BCUT2D eigenvalue weighted by Crippen LogP contribution is 2.35. The van der Waals surface area contributed by atoms with Crippen molar-refractivity contribution in [2.75, 3.05) is 0 Å². The van der Waals surface area contributed by atoms with E-state index in [0.717, 1.165) is 18.4 Å². The van der Waals surface area contributed by atoms with Crippen LogP contribution in [0.1, 0.15) is 24.5 Å². The molecule has 1 atom stereocenters. The summed E-state index contributed by atoms with van der Waals surface area (Å²) in [6.45, 7) is 1.89. The monoisotopic (exact) mass is 148 g/mol. The highest BCUT2D eigenvalue weighted by Gasteiger charge is 2.30. The molecule has 0 saturated heterocycles. The van der Waals surface area contributed by atoms with Crippen molar-refractivity contribution < 1.29 is 5.11 Å². The molecule has 1 unspecified atom stereocenters. The standard InChI is InChI=1S/C10H12O/c1-10(11)7-6-8-4-2-3-5-9(8)10/h2-5,11H,6-7H2,1H3. The number of benzene rings is 1. The van der Waals surface area contributed by atoms with Gasteiger partial charge in [0.1, 0.15) is 0 Å². The van der Waals surface area contributed by atoms with Crippen molar-refractivity contribution in [2.24, 2.45) is 0 Å². The van der Waals surface area contributed by atoms with Gasteiger partial charge in [-0.2, -0.15) is 0 Å². The number of hydrogen-bond acceptors (Lipinski definition) is 1. The minimum Gasteiger partial charge on any atom is -0.385 e. The molecule has 1 aliphatic rings. The van der Waals surface area contributed by atoms with E-state index in [2.05, 4.69) is 6.07 Å². The molecule has 0 aromatic heterocycles. The van der Waals surface area contributed by atoms with Crippen LogP contribution < -0.4 is 0 Å². The molecule has 1 aromatic carbocycles. The fourth-order valence-corrected chi connectivity index (χ4v) is 1.78. The van der Waals surface area contributed by atoms with Crippen LogP contribution in [0.5, 0.6) is 0 Å². The molecule has 1 N–H and O–H groups in total. The summed E-state index contributed by atoms with van der Waals surface area (Å²) in [5, 5.41) is 9.85. The lowest BCUT2D eigenvalue weighted by atomic mass is 9.99. The van der Waals surface area contributed by atoms with Gasteiger partial charge in [-0.3, -0.25) is 0 Å². The van der Waals surface area contributed by atoms with Gasteiger partial charge in [-0.15, -0.1) is 0 Å². The van der Waals surface area contributed by atoms with E-state index in [9.17, 15) is 5.11 Å². The molecule has 1 aliphatic carbocycles. The van der Waals surface area contributed by atoms with Gasteiger partial charge >= 0.3 is 0 Å². The maximum atomic E-state index is 9.85. The van der Waals surface area contributed by atoms with E-state index in [4.69, 9.17) is 0 Å².